The minimum atomic E-state index is -4.57. The summed E-state index contributed by atoms with van der Waals surface area (Å²) in [5.41, 5.74) is -1.02. The number of carbonyl (C=O) groups is 1. The van der Waals surface area contributed by atoms with Gasteiger partial charge in [-0.25, -0.2) is 13.4 Å². The molecule has 1 aromatic rings. The zero-order valence-electron chi connectivity index (χ0n) is 11.4. The van der Waals surface area contributed by atoms with E-state index in [0.29, 0.717) is 12.3 Å². The number of halogens is 3. The molecular weight excluding hydrogens is 309 g/mol. The Morgan fingerprint density at radius 1 is 1.33 bits per heavy atom. The summed E-state index contributed by atoms with van der Waals surface area (Å²) in [4.78, 5) is 14.6. The van der Waals surface area contributed by atoms with E-state index in [1.54, 1.807) is 13.8 Å². The number of amides is 1. The van der Waals surface area contributed by atoms with E-state index < -0.39 is 32.4 Å². The number of hydrogen-bond donors (Lipinski definition) is 1. The van der Waals surface area contributed by atoms with Gasteiger partial charge in [0.2, 0.25) is 5.91 Å². The third kappa shape index (κ3) is 5.00. The molecule has 1 heterocycles. The molecule has 1 rings (SSSR count). The molecule has 5 nitrogen and oxygen atoms in total. The lowest BCUT2D eigenvalue weighted by Crippen LogP contribution is -2.32. The molecule has 0 radical (unpaired) electrons. The summed E-state index contributed by atoms with van der Waals surface area (Å²) < 4.78 is 60.7. The molecule has 0 saturated carbocycles. The lowest BCUT2D eigenvalue weighted by atomic mass is 10.2. The van der Waals surface area contributed by atoms with Gasteiger partial charge < -0.3 is 5.32 Å². The Morgan fingerprint density at radius 3 is 2.38 bits per heavy atom. The highest BCUT2D eigenvalue weighted by Gasteiger charge is 2.31. The molecule has 0 bridgehead atoms. The van der Waals surface area contributed by atoms with Crippen LogP contribution in [0, 0.1) is 5.92 Å². The second-order valence-electron chi connectivity index (χ2n) is 4.65. The number of hydrogen-bond acceptors (Lipinski definition) is 4. The van der Waals surface area contributed by atoms with Crippen molar-refractivity contribution in [3.05, 3.63) is 23.9 Å². The van der Waals surface area contributed by atoms with Crippen molar-refractivity contribution in [2.24, 2.45) is 5.92 Å². The van der Waals surface area contributed by atoms with Gasteiger partial charge in [0.05, 0.1) is 11.3 Å². The Kier molecular flexibility index (Phi) is 5.32. The van der Waals surface area contributed by atoms with Crippen LogP contribution in [0.5, 0.6) is 0 Å². The average molecular weight is 324 g/mol. The van der Waals surface area contributed by atoms with E-state index >= 15 is 0 Å². The SMILES string of the molecule is CC(C)C(=O)NCCS(=O)(=O)c1ccc(C(F)(F)F)cn1. The third-order valence-corrected chi connectivity index (χ3v) is 4.20. The Labute approximate surface area is 120 Å². The molecule has 0 aliphatic heterocycles. The standard InChI is InChI=1S/C12H15F3N2O3S/c1-8(2)11(18)16-5-6-21(19,20)10-4-3-9(7-17-10)12(13,14)15/h3-4,7-8H,5-6H2,1-2H3,(H,16,18). The number of pyridine rings is 1. The minimum Gasteiger partial charge on any atom is -0.355 e. The molecular formula is C12H15F3N2O3S. The van der Waals surface area contributed by atoms with Gasteiger partial charge in [0.1, 0.15) is 0 Å². The van der Waals surface area contributed by atoms with Gasteiger partial charge in [-0.05, 0) is 12.1 Å². The first-order valence-corrected chi connectivity index (χ1v) is 7.73. The Balaban J connectivity index is 2.73. The highest BCUT2D eigenvalue weighted by molar-refractivity contribution is 7.91. The van der Waals surface area contributed by atoms with Crippen LogP contribution in [-0.2, 0) is 20.8 Å². The van der Waals surface area contributed by atoms with Crippen LogP contribution in [0.25, 0.3) is 0 Å². The van der Waals surface area contributed by atoms with Gasteiger partial charge in [0.25, 0.3) is 0 Å². The summed E-state index contributed by atoms with van der Waals surface area (Å²) in [7, 11) is -3.84. The van der Waals surface area contributed by atoms with Crippen LogP contribution in [0.2, 0.25) is 0 Å². The number of nitrogens with one attached hydrogen (secondary N) is 1. The maximum Gasteiger partial charge on any atom is 0.417 e. The number of sulfone groups is 1. The van der Waals surface area contributed by atoms with Gasteiger partial charge in [-0.2, -0.15) is 13.2 Å². The van der Waals surface area contributed by atoms with E-state index in [-0.39, 0.29) is 18.4 Å². The fraction of sp³-hybridized carbons (Fsp3) is 0.500. The molecule has 21 heavy (non-hydrogen) atoms. The molecule has 0 aliphatic carbocycles. The molecule has 0 saturated heterocycles. The van der Waals surface area contributed by atoms with E-state index in [9.17, 15) is 26.4 Å². The normalized spacial score (nSPS) is 12.5. The molecule has 1 aromatic heterocycles. The van der Waals surface area contributed by atoms with Gasteiger partial charge in [0.15, 0.2) is 14.9 Å². The molecule has 0 unspecified atom stereocenters. The van der Waals surface area contributed by atoms with Crippen molar-refractivity contribution in [2.75, 3.05) is 12.3 Å². The van der Waals surface area contributed by atoms with E-state index in [0.717, 1.165) is 6.07 Å². The highest BCUT2D eigenvalue weighted by Crippen LogP contribution is 2.28. The van der Waals surface area contributed by atoms with Crippen molar-refractivity contribution in [3.63, 3.8) is 0 Å². The minimum absolute atomic E-state index is 0.123. The smallest absolute Gasteiger partial charge is 0.355 e. The van der Waals surface area contributed by atoms with Crippen LogP contribution in [-0.4, -0.2) is 31.6 Å². The second-order valence-corrected chi connectivity index (χ2v) is 6.70. The maximum absolute atomic E-state index is 12.3. The van der Waals surface area contributed by atoms with Crippen LogP contribution in [0.15, 0.2) is 23.4 Å². The molecule has 118 valence electrons. The van der Waals surface area contributed by atoms with Gasteiger partial charge >= 0.3 is 6.18 Å². The first-order valence-electron chi connectivity index (χ1n) is 6.08. The van der Waals surface area contributed by atoms with Gasteiger partial charge in [0, 0.05) is 18.7 Å². The Morgan fingerprint density at radius 2 is 1.95 bits per heavy atom. The maximum atomic E-state index is 12.3. The predicted octanol–water partition coefficient (Wildman–Crippen LogP) is 1.65. The van der Waals surface area contributed by atoms with Crippen molar-refractivity contribution in [1.82, 2.24) is 10.3 Å². The summed E-state index contributed by atoms with van der Waals surface area (Å²) in [6, 6.07) is 1.47. The summed E-state index contributed by atoms with van der Waals surface area (Å²) >= 11 is 0. The van der Waals surface area contributed by atoms with Crippen LogP contribution in [0.4, 0.5) is 13.2 Å². The fourth-order valence-corrected chi connectivity index (χ4v) is 2.42. The first kappa shape index (κ1) is 17.4. The average Bonchev–Trinajstić information content (AvgIpc) is 2.37. The number of aromatic nitrogens is 1. The predicted molar refractivity (Wildman–Crippen MR) is 69.1 cm³/mol. The van der Waals surface area contributed by atoms with Gasteiger partial charge in [-0.1, -0.05) is 13.8 Å². The fourth-order valence-electron chi connectivity index (χ4n) is 1.35. The van der Waals surface area contributed by atoms with E-state index in [1.165, 1.54) is 0 Å². The van der Waals surface area contributed by atoms with Crippen molar-refractivity contribution in [1.29, 1.82) is 0 Å². The van der Waals surface area contributed by atoms with Crippen molar-refractivity contribution >= 4 is 15.7 Å². The lowest BCUT2D eigenvalue weighted by Gasteiger charge is -2.09. The summed E-state index contributed by atoms with van der Waals surface area (Å²) in [6.07, 6.45) is -4.10. The first-order chi connectivity index (χ1) is 9.54. The molecule has 1 N–H and O–H groups in total. The monoisotopic (exact) mass is 324 g/mol. The largest absolute Gasteiger partial charge is 0.417 e. The Bertz CT molecular complexity index is 595. The molecule has 9 heteroatoms. The molecule has 0 atom stereocenters. The van der Waals surface area contributed by atoms with Crippen molar-refractivity contribution in [3.8, 4) is 0 Å². The topological polar surface area (TPSA) is 76.1 Å². The van der Waals surface area contributed by atoms with Crippen LogP contribution in [0.1, 0.15) is 19.4 Å². The van der Waals surface area contributed by atoms with Gasteiger partial charge in [-0.15, -0.1) is 0 Å². The Hall–Kier alpha value is -1.64. The zero-order chi connectivity index (χ0) is 16.3. The van der Waals surface area contributed by atoms with E-state index in [4.69, 9.17) is 0 Å². The van der Waals surface area contributed by atoms with Crippen LogP contribution >= 0.6 is 0 Å². The summed E-state index contributed by atoms with van der Waals surface area (Å²) in [5, 5.41) is 1.97. The quantitative estimate of drug-likeness (QED) is 0.893. The second kappa shape index (κ2) is 6.42. The third-order valence-electron chi connectivity index (χ3n) is 2.58. The van der Waals surface area contributed by atoms with Crippen LogP contribution in [0.3, 0.4) is 0 Å². The number of nitrogens with zero attached hydrogens (tertiary/aromatic N) is 1. The molecule has 0 aromatic carbocycles. The summed E-state index contributed by atoms with van der Waals surface area (Å²) in [6.45, 7) is 3.19. The molecule has 0 aliphatic rings. The number of carbonyl (C=O) groups excluding carboxylic acids is 1. The van der Waals surface area contributed by atoms with E-state index in [2.05, 4.69) is 10.3 Å². The van der Waals surface area contributed by atoms with Crippen LogP contribution < -0.4 is 5.32 Å². The van der Waals surface area contributed by atoms with Gasteiger partial charge in [-0.3, -0.25) is 4.79 Å². The summed E-state index contributed by atoms with van der Waals surface area (Å²) in [5.74, 6) is -1.01. The molecule has 0 fully saturated rings. The highest BCUT2D eigenvalue weighted by atomic mass is 32.2. The zero-order valence-corrected chi connectivity index (χ0v) is 12.3. The number of rotatable bonds is 5. The molecule has 0 spiro atoms. The molecule has 1 amide bonds. The number of alkyl halides is 3. The lowest BCUT2D eigenvalue weighted by molar-refractivity contribution is -0.137. The van der Waals surface area contributed by atoms with Crippen molar-refractivity contribution in [2.45, 2.75) is 25.0 Å². The van der Waals surface area contributed by atoms with Crippen molar-refractivity contribution < 1.29 is 26.4 Å². The van der Waals surface area contributed by atoms with E-state index in [1.807, 2.05) is 0 Å².